The first-order valence-corrected chi connectivity index (χ1v) is 15.4. The molecule has 1 fully saturated rings. The Hall–Kier alpha value is -3.17. The van der Waals surface area contributed by atoms with Crippen LogP contribution in [-0.2, 0) is 27.4 Å². The molecule has 8 heteroatoms. The molecule has 0 saturated carbocycles. The Balaban J connectivity index is 1.55. The van der Waals surface area contributed by atoms with Crippen LogP contribution in [0.3, 0.4) is 0 Å². The van der Waals surface area contributed by atoms with Crippen LogP contribution < -0.4 is 5.32 Å². The van der Waals surface area contributed by atoms with Crippen LogP contribution in [0.25, 0.3) is 11.1 Å². The first-order valence-electron chi connectivity index (χ1n) is 14.0. The third kappa shape index (κ3) is 8.42. The highest BCUT2D eigenvalue weighted by Crippen LogP contribution is 2.30. The van der Waals surface area contributed by atoms with Crippen molar-refractivity contribution in [1.29, 1.82) is 0 Å². The van der Waals surface area contributed by atoms with Crippen molar-refractivity contribution in [2.24, 2.45) is 0 Å². The van der Waals surface area contributed by atoms with Crippen LogP contribution in [0.15, 0.2) is 72.8 Å². The van der Waals surface area contributed by atoms with Gasteiger partial charge in [-0.3, -0.25) is 9.69 Å². The molecule has 2 N–H and O–H groups in total. The first-order chi connectivity index (χ1) is 19.9. The van der Waals surface area contributed by atoms with Gasteiger partial charge in [-0.1, -0.05) is 60.7 Å². The second kappa shape index (κ2) is 15.2. The van der Waals surface area contributed by atoms with Crippen LogP contribution in [0.5, 0.6) is 0 Å². The van der Waals surface area contributed by atoms with Gasteiger partial charge in [0.15, 0.2) is 0 Å². The monoisotopic (exact) mass is 576 g/mol. The van der Waals surface area contributed by atoms with Crippen molar-refractivity contribution < 1.29 is 24.2 Å². The molecule has 7 nitrogen and oxygen atoms in total. The van der Waals surface area contributed by atoms with Crippen molar-refractivity contribution in [3.05, 3.63) is 95.1 Å². The van der Waals surface area contributed by atoms with Gasteiger partial charge in [0.05, 0.1) is 19.3 Å². The number of ether oxygens (including phenoxy) is 2. The maximum absolute atomic E-state index is 13.4. The van der Waals surface area contributed by atoms with Gasteiger partial charge in [-0.15, -0.1) is 0 Å². The van der Waals surface area contributed by atoms with E-state index in [2.05, 4.69) is 28.4 Å². The summed E-state index contributed by atoms with van der Waals surface area (Å²) in [5, 5.41) is 12.4. The minimum absolute atomic E-state index is 0.135. The standard InChI is InChI=1S/C33H40N2O5S/c1-23-9-7-8-12-28(23)30-17-25(13-14-29(30)32(36)34-31(33(37)38)15-16-41-3)19-35-20-27(39-2)18-26(35)22-40-21-24-10-5-4-6-11-24/h4-14,17,26-27,31H,15-16,18-22H2,1-3H3,(H,34,36)(H,37,38)/t26-,27?,31-/m0/s1. The van der Waals surface area contributed by atoms with E-state index in [-0.39, 0.29) is 18.1 Å². The second-order valence-electron chi connectivity index (χ2n) is 10.5. The smallest absolute Gasteiger partial charge is 0.326 e. The number of methoxy groups -OCH3 is 1. The number of thioether (sulfide) groups is 1. The Kier molecular flexibility index (Phi) is 11.4. The molecule has 3 aromatic rings. The number of carboxylic acid groups (broad SMARTS) is 1. The molecule has 0 spiro atoms. The zero-order valence-corrected chi connectivity index (χ0v) is 24.9. The zero-order chi connectivity index (χ0) is 29.2. The topological polar surface area (TPSA) is 88.1 Å². The predicted octanol–water partition coefficient (Wildman–Crippen LogP) is 5.40. The second-order valence-corrected chi connectivity index (χ2v) is 11.5. The molecule has 1 heterocycles. The fourth-order valence-corrected chi connectivity index (χ4v) is 5.78. The highest BCUT2D eigenvalue weighted by atomic mass is 32.2. The average molecular weight is 577 g/mol. The molecule has 3 atom stereocenters. The molecular weight excluding hydrogens is 536 g/mol. The van der Waals surface area contributed by atoms with E-state index < -0.39 is 12.0 Å². The lowest BCUT2D eigenvalue weighted by Crippen LogP contribution is -2.41. The number of carbonyl (C=O) groups is 2. The molecule has 0 aromatic heterocycles. The van der Waals surface area contributed by atoms with Crippen LogP contribution in [0, 0.1) is 6.92 Å². The van der Waals surface area contributed by atoms with Gasteiger partial charge in [0.25, 0.3) is 5.91 Å². The number of aliphatic carboxylic acids is 1. The van der Waals surface area contributed by atoms with Crippen LogP contribution in [-0.4, -0.2) is 72.3 Å². The van der Waals surface area contributed by atoms with E-state index in [1.54, 1.807) is 18.9 Å². The lowest BCUT2D eigenvalue weighted by atomic mass is 9.93. The van der Waals surface area contributed by atoms with Crippen molar-refractivity contribution in [3.8, 4) is 11.1 Å². The Morgan fingerprint density at radius 1 is 1.05 bits per heavy atom. The quantitative estimate of drug-likeness (QED) is 0.266. The van der Waals surface area contributed by atoms with Gasteiger partial charge < -0.3 is 19.9 Å². The third-order valence-corrected chi connectivity index (χ3v) is 8.25. The summed E-state index contributed by atoms with van der Waals surface area (Å²) < 4.78 is 11.8. The van der Waals surface area contributed by atoms with Gasteiger partial charge in [0.1, 0.15) is 6.04 Å². The van der Waals surface area contributed by atoms with Crippen molar-refractivity contribution in [2.45, 2.75) is 51.1 Å². The number of nitrogens with zero attached hydrogens (tertiary/aromatic N) is 1. The SMILES string of the molecule is COC1C[C@@H](COCc2ccccc2)N(Cc2ccc(C(=O)N[C@@H](CCSC)C(=O)O)c(-c3ccccc3C)c2)C1. The number of aryl methyl sites for hydroxylation is 1. The van der Waals surface area contributed by atoms with E-state index in [4.69, 9.17) is 9.47 Å². The largest absolute Gasteiger partial charge is 0.480 e. The summed E-state index contributed by atoms with van der Waals surface area (Å²) in [5.74, 6) is -0.755. The number of hydrogen-bond acceptors (Lipinski definition) is 6. The van der Waals surface area contributed by atoms with Crippen molar-refractivity contribution >= 4 is 23.6 Å². The number of hydrogen-bond donors (Lipinski definition) is 2. The van der Waals surface area contributed by atoms with Crippen molar-refractivity contribution in [2.75, 3.05) is 32.3 Å². The molecule has 0 aliphatic carbocycles. The number of benzene rings is 3. The molecule has 1 saturated heterocycles. The molecule has 0 bridgehead atoms. The summed E-state index contributed by atoms with van der Waals surface area (Å²) in [6.45, 7) is 4.68. The van der Waals surface area contributed by atoms with E-state index >= 15 is 0 Å². The lowest BCUT2D eigenvalue weighted by Gasteiger charge is -2.25. The van der Waals surface area contributed by atoms with E-state index in [0.717, 1.165) is 40.8 Å². The molecule has 1 amide bonds. The Morgan fingerprint density at radius 3 is 2.51 bits per heavy atom. The van der Waals surface area contributed by atoms with Gasteiger partial charge >= 0.3 is 5.97 Å². The number of nitrogens with one attached hydrogen (secondary N) is 1. The van der Waals surface area contributed by atoms with E-state index in [1.165, 1.54) is 0 Å². The highest BCUT2D eigenvalue weighted by molar-refractivity contribution is 7.98. The molecule has 41 heavy (non-hydrogen) atoms. The molecular formula is C33H40N2O5S. The van der Waals surface area contributed by atoms with Gasteiger partial charge in [-0.25, -0.2) is 4.79 Å². The maximum Gasteiger partial charge on any atom is 0.326 e. The van der Waals surface area contributed by atoms with Crippen LogP contribution >= 0.6 is 11.8 Å². The fraction of sp³-hybridized carbons (Fsp3) is 0.394. The summed E-state index contributed by atoms with van der Waals surface area (Å²) in [7, 11) is 1.75. The molecule has 218 valence electrons. The van der Waals surface area contributed by atoms with Gasteiger partial charge in [-0.2, -0.15) is 11.8 Å². The van der Waals surface area contributed by atoms with E-state index in [1.807, 2.05) is 67.8 Å². The molecule has 1 aliphatic rings. The molecule has 3 aromatic carbocycles. The normalized spacial score (nSPS) is 17.8. The Bertz CT molecular complexity index is 1300. The molecule has 1 unspecified atom stereocenters. The van der Waals surface area contributed by atoms with Gasteiger partial charge in [0.2, 0.25) is 0 Å². The first kappa shape index (κ1) is 30.8. The average Bonchev–Trinajstić information content (AvgIpc) is 3.37. The minimum atomic E-state index is -1.02. The number of carbonyl (C=O) groups excluding carboxylic acids is 1. The van der Waals surface area contributed by atoms with Gasteiger partial charge in [-0.05, 0) is 71.7 Å². The summed E-state index contributed by atoms with van der Waals surface area (Å²) in [6.07, 6.45) is 3.31. The summed E-state index contributed by atoms with van der Waals surface area (Å²) in [6, 6.07) is 23.3. The molecule has 1 aliphatic heterocycles. The van der Waals surface area contributed by atoms with Crippen molar-refractivity contribution in [3.63, 3.8) is 0 Å². The number of rotatable bonds is 14. The molecule has 0 radical (unpaired) electrons. The van der Waals surface area contributed by atoms with Crippen LogP contribution in [0.4, 0.5) is 0 Å². The van der Waals surface area contributed by atoms with Crippen LogP contribution in [0.2, 0.25) is 0 Å². The third-order valence-electron chi connectivity index (χ3n) is 7.61. The van der Waals surface area contributed by atoms with E-state index in [0.29, 0.717) is 37.5 Å². The fourth-order valence-electron chi connectivity index (χ4n) is 5.31. The summed E-state index contributed by atoms with van der Waals surface area (Å²) >= 11 is 1.56. The van der Waals surface area contributed by atoms with E-state index in [9.17, 15) is 14.7 Å². The van der Waals surface area contributed by atoms with Crippen molar-refractivity contribution in [1.82, 2.24) is 10.2 Å². The number of likely N-dealkylation sites (tertiary alicyclic amines) is 1. The predicted molar refractivity (Wildman–Crippen MR) is 164 cm³/mol. The zero-order valence-electron chi connectivity index (χ0n) is 24.0. The Labute approximate surface area is 247 Å². The summed E-state index contributed by atoms with van der Waals surface area (Å²) in [4.78, 5) is 27.6. The van der Waals surface area contributed by atoms with Crippen LogP contribution in [0.1, 0.15) is 39.9 Å². The number of amides is 1. The Morgan fingerprint density at radius 2 is 1.80 bits per heavy atom. The maximum atomic E-state index is 13.4. The summed E-state index contributed by atoms with van der Waals surface area (Å²) in [5.41, 5.74) is 5.49. The van der Waals surface area contributed by atoms with Gasteiger partial charge in [0, 0.05) is 31.8 Å². The number of carboxylic acids is 1. The minimum Gasteiger partial charge on any atom is -0.480 e. The lowest BCUT2D eigenvalue weighted by molar-refractivity contribution is -0.139. The molecule has 4 rings (SSSR count). The highest BCUT2D eigenvalue weighted by Gasteiger charge is 2.32.